The molecule has 1 N–H and O–H groups in total. The fourth-order valence-corrected chi connectivity index (χ4v) is 3.20. The van der Waals surface area contributed by atoms with Crippen LogP contribution in [0, 0.1) is 0 Å². The molecule has 9 heteroatoms. The standard InChI is InChI=1S/C19H21N5O3S/c1-4-27-17-11-7-15(8-12-17)24-19(21-22-23-24)28-13(2)18(25)20-14-5-9-16(26-3)10-6-14/h5-13H,4H2,1-3H3,(H,20,25)/t13-/m1/s1. The molecular weight excluding hydrogens is 378 g/mol. The molecule has 28 heavy (non-hydrogen) atoms. The van der Waals surface area contributed by atoms with Crippen molar-refractivity contribution in [2.45, 2.75) is 24.3 Å². The smallest absolute Gasteiger partial charge is 0.237 e. The molecule has 0 saturated heterocycles. The van der Waals surface area contributed by atoms with E-state index in [4.69, 9.17) is 9.47 Å². The Morgan fingerprint density at radius 1 is 1.14 bits per heavy atom. The van der Waals surface area contributed by atoms with Crippen molar-refractivity contribution in [1.82, 2.24) is 20.2 Å². The Kier molecular flexibility index (Phi) is 6.49. The number of methoxy groups -OCH3 is 1. The summed E-state index contributed by atoms with van der Waals surface area (Å²) in [4.78, 5) is 12.5. The molecular formula is C19H21N5O3S. The molecule has 0 spiro atoms. The van der Waals surface area contributed by atoms with Crippen LogP contribution in [0.1, 0.15) is 13.8 Å². The van der Waals surface area contributed by atoms with Crippen molar-refractivity contribution < 1.29 is 14.3 Å². The van der Waals surface area contributed by atoms with Gasteiger partial charge in [0, 0.05) is 5.69 Å². The Morgan fingerprint density at radius 3 is 2.46 bits per heavy atom. The number of hydrogen-bond donors (Lipinski definition) is 1. The summed E-state index contributed by atoms with van der Waals surface area (Å²) in [6, 6.07) is 14.6. The van der Waals surface area contributed by atoms with E-state index in [1.165, 1.54) is 11.8 Å². The first-order valence-corrected chi connectivity index (χ1v) is 9.62. The summed E-state index contributed by atoms with van der Waals surface area (Å²) >= 11 is 1.28. The van der Waals surface area contributed by atoms with E-state index in [0.717, 1.165) is 17.2 Å². The van der Waals surface area contributed by atoms with Gasteiger partial charge in [-0.3, -0.25) is 4.79 Å². The highest BCUT2D eigenvalue weighted by Crippen LogP contribution is 2.25. The normalized spacial score (nSPS) is 11.7. The molecule has 0 radical (unpaired) electrons. The minimum atomic E-state index is -0.394. The Labute approximate surface area is 167 Å². The summed E-state index contributed by atoms with van der Waals surface area (Å²) in [5.41, 5.74) is 1.49. The topological polar surface area (TPSA) is 91.2 Å². The number of carbonyl (C=O) groups is 1. The molecule has 1 atom stereocenters. The third kappa shape index (κ3) is 4.80. The van der Waals surface area contributed by atoms with Gasteiger partial charge in [0.05, 0.1) is 24.7 Å². The zero-order valence-electron chi connectivity index (χ0n) is 15.8. The summed E-state index contributed by atoms with van der Waals surface area (Å²) in [5.74, 6) is 1.37. The molecule has 3 rings (SSSR count). The number of benzene rings is 2. The van der Waals surface area contributed by atoms with Crippen molar-refractivity contribution in [3.8, 4) is 17.2 Å². The third-order valence-electron chi connectivity index (χ3n) is 3.84. The number of nitrogens with one attached hydrogen (secondary N) is 1. The molecule has 0 aliphatic rings. The van der Waals surface area contributed by atoms with Gasteiger partial charge in [0.25, 0.3) is 0 Å². The Morgan fingerprint density at radius 2 is 1.82 bits per heavy atom. The van der Waals surface area contributed by atoms with E-state index in [9.17, 15) is 4.79 Å². The van der Waals surface area contributed by atoms with E-state index >= 15 is 0 Å². The summed E-state index contributed by atoms with van der Waals surface area (Å²) < 4.78 is 12.2. The van der Waals surface area contributed by atoms with Crippen molar-refractivity contribution in [1.29, 1.82) is 0 Å². The maximum atomic E-state index is 12.5. The summed E-state index contributed by atoms with van der Waals surface area (Å²) in [6.45, 7) is 4.34. The van der Waals surface area contributed by atoms with Gasteiger partial charge in [-0.05, 0) is 72.8 Å². The fraction of sp³-hybridized carbons (Fsp3) is 0.263. The average molecular weight is 399 g/mol. The highest BCUT2D eigenvalue weighted by molar-refractivity contribution is 8.00. The van der Waals surface area contributed by atoms with E-state index in [1.807, 2.05) is 31.2 Å². The van der Waals surface area contributed by atoms with Crippen LogP contribution in [0.4, 0.5) is 5.69 Å². The molecule has 0 fully saturated rings. The molecule has 1 aromatic heterocycles. The van der Waals surface area contributed by atoms with Crippen molar-refractivity contribution in [2.24, 2.45) is 0 Å². The van der Waals surface area contributed by atoms with Gasteiger partial charge in [0.2, 0.25) is 11.1 Å². The van der Waals surface area contributed by atoms with Crippen LogP contribution >= 0.6 is 11.8 Å². The predicted molar refractivity (Wildman–Crippen MR) is 107 cm³/mol. The third-order valence-corrected chi connectivity index (χ3v) is 4.88. The van der Waals surface area contributed by atoms with E-state index in [0.29, 0.717) is 17.5 Å². The lowest BCUT2D eigenvalue weighted by Gasteiger charge is -2.12. The maximum absolute atomic E-state index is 12.5. The molecule has 0 aliphatic heterocycles. The second kappa shape index (κ2) is 9.23. The van der Waals surface area contributed by atoms with Gasteiger partial charge in [-0.15, -0.1) is 5.10 Å². The second-order valence-corrected chi connectivity index (χ2v) is 7.09. The summed E-state index contributed by atoms with van der Waals surface area (Å²) in [6.07, 6.45) is 0. The molecule has 8 nitrogen and oxygen atoms in total. The second-order valence-electron chi connectivity index (χ2n) is 5.78. The lowest BCUT2D eigenvalue weighted by molar-refractivity contribution is -0.115. The highest BCUT2D eigenvalue weighted by Gasteiger charge is 2.19. The van der Waals surface area contributed by atoms with Crippen LogP contribution in [0.25, 0.3) is 5.69 Å². The van der Waals surface area contributed by atoms with Crippen LogP contribution in [-0.2, 0) is 4.79 Å². The first-order valence-electron chi connectivity index (χ1n) is 8.74. The quantitative estimate of drug-likeness (QED) is 0.582. The maximum Gasteiger partial charge on any atom is 0.237 e. The van der Waals surface area contributed by atoms with Gasteiger partial charge >= 0.3 is 0 Å². The minimum Gasteiger partial charge on any atom is -0.497 e. The van der Waals surface area contributed by atoms with Crippen LogP contribution in [0.2, 0.25) is 0 Å². The molecule has 1 heterocycles. The number of rotatable bonds is 8. The van der Waals surface area contributed by atoms with E-state index < -0.39 is 5.25 Å². The zero-order chi connectivity index (χ0) is 19.9. The van der Waals surface area contributed by atoms with Crippen molar-refractivity contribution in [3.63, 3.8) is 0 Å². The average Bonchev–Trinajstić information content (AvgIpc) is 3.17. The lowest BCUT2D eigenvalue weighted by Crippen LogP contribution is -2.22. The number of tetrazole rings is 1. The van der Waals surface area contributed by atoms with Gasteiger partial charge in [-0.1, -0.05) is 11.8 Å². The SMILES string of the molecule is CCOc1ccc(-n2nnnc2S[C@H](C)C(=O)Nc2ccc(OC)cc2)cc1. The minimum absolute atomic E-state index is 0.142. The van der Waals surface area contributed by atoms with Crippen molar-refractivity contribution >= 4 is 23.4 Å². The molecule has 0 saturated carbocycles. The van der Waals surface area contributed by atoms with Gasteiger partial charge in [0.15, 0.2) is 0 Å². The van der Waals surface area contributed by atoms with Crippen LogP contribution in [-0.4, -0.2) is 45.1 Å². The summed E-state index contributed by atoms with van der Waals surface area (Å²) in [5, 5.41) is 14.8. The van der Waals surface area contributed by atoms with E-state index in [-0.39, 0.29) is 5.91 Å². The van der Waals surface area contributed by atoms with Gasteiger partial charge in [0.1, 0.15) is 11.5 Å². The molecule has 0 aliphatic carbocycles. The van der Waals surface area contributed by atoms with Gasteiger partial charge in [-0.2, -0.15) is 4.68 Å². The zero-order valence-corrected chi connectivity index (χ0v) is 16.6. The Hall–Kier alpha value is -3.07. The monoisotopic (exact) mass is 399 g/mol. The van der Waals surface area contributed by atoms with Crippen LogP contribution < -0.4 is 14.8 Å². The first-order chi connectivity index (χ1) is 13.6. The summed E-state index contributed by atoms with van der Waals surface area (Å²) in [7, 11) is 1.60. The molecule has 2 aromatic carbocycles. The number of aromatic nitrogens is 4. The molecule has 0 bridgehead atoms. The molecule has 1 amide bonds. The van der Waals surface area contributed by atoms with E-state index in [1.54, 1.807) is 43.0 Å². The van der Waals surface area contributed by atoms with Crippen molar-refractivity contribution in [3.05, 3.63) is 48.5 Å². The van der Waals surface area contributed by atoms with Gasteiger partial charge in [-0.25, -0.2) is 0 Å². The first kappa shape index (κ1) is 19.7. The number of anilines is 1. The fourth-order valence-electron chi connectivity index (χ4n) is 2.39. The van der Waals surface area contributed by atoms with Crippen molar-refractivity contribution in [2.75, 3.05) is 19.0 Å². The number of hydrogen-bond acceptors (Lipinski definition) is 7. The largest absolute Gasteiger partial charge is 0.497 e. The lowest BCUT2D eigenvalue weighted by atomic mass is 10.3. The number of amides is 1. The predicted octanol–water partition coefficient (Wildman–Crippen LogP) is 3.19. The van der Waals surface area contributed by atoms with Gasteiger partial charge < -0.3 is 14.8 Å². The van der Waals surface area contributed by atoms with Crippen LogP contribution in [0.5, 0.6) is 11.5 Å². The molecule has 0 unspecified atom stereocenters. The Balaban J connectivity index is 1.66. The highest BCUT2D eigenvalue weighted by atomic mass is 32.2. The number of nitrogens with zero attached hydrogens (tertiary/aromatic N) is 4. The number of thioether (sulfide) groups is 1. The Bertz CT molecular complexity index is 912. The van der Waals surface area contributed by atoms with Crippen LogP contribution in [0.15, 0.2) is 53.7 Å². The number of ether oxygens (including phenoxy) is 2. The molecule has 146 valence electrons. The number of carbonyl (C=O) groups excluding carboxylic acids is 1. The van der Waals surface area contributed by atoms with E-state index in [2.05, 4.69) is 20.8 Å². The molecule has 3 aromatic rings. The van der Waals surface area contributed by atoms with Crippen LogP contribution in [0.3, 0.4) is 0 Å².